The maximum Gasteiger partial charge on any atom is 0.149 e. The van der Waals surface area contributed by atoms with Gasteiger partial charge in [-0.2, -0.15) is 0 Å². The van der Waals surface area contributed by atoms with Crippen LogP contribution in [-0.4, -0.2) is 9.55 Å². The van der Waals surface area contributed by atoms with Gasteiger partial charge < -0.3 is 4.42 Å². The van der Waals surface area contributed by atoms with Gasteiger partial charge in [-0.05, 0) is 35.7 Å². The Hall–Kier alpha value is -4.37. The van der Waals surface area contributed by atoms with Crippen LogP contribution in [0, 0.1) is 0 Å². The summed E-state index contributed by atoms with van der Waals surface area (Å²) in [6.07, 6.45) is 0. The SMILES string of the molecule is c1ccc(-n2c(-c3cccc4c3oc3ccccc34)nc3ccc4ccccc4c32)cc1. The van der Waals surface area contributed by atoms with E-state index in [9.17, 15) is 0 Å². The first-order valence-corrected chi connectivity index (χ1v) is 10.7. The molecule has 7 rings (SSSR count). The second kappa shape index (κ2) is 6.56. The lowest BCUT2D eigenvalue weighted by molar-refractivity contribution is 0.669. The van der Waals surface area contributed by atoms with Gasteiger partial charge >= 0.3 is 0 Å². The fraction of sp³-hybridized carbons (Fsp3) is 0. The van der Waals surface area contributed by atoms with Crippen LogP contribution in [-0.2, 0) is 0 Å². The number of aromatic nitrogens is 2. The molecular formula is C29H18N2O. The van der Waals surface area contributed by atoms with E-state index < -0.39 is 0 Å². The molecule has 3 heteroatoms. The summed E-state index contributed by atoms with van der Waals surface area (Å²) in [7, 11) is 0. The van der Waals surface area contributed by atoms with Crippen LogP contribution in [0.1, 0.15) is 0 Å². The fourth-order valence-corrected chi connectivity index (χ4v) is 4.77. The van der Waals surface area contributed by atoms with Crippen molar-refractivity contribution in [1.82, 2.24) is 9.55 Å². The number of furan rings is 1. The van der Waals surface area contributed by atoms with E-state index in [0.717, 1.165) is 50.0 Å². The largest absolute Gasteiger partial charge is 0.455 e. The number of imidazole rings is 1. The third-order valence-corrected chi connectivity index (χ3v) is 6.20. The first kappa shape index (κ1) is 17.3. The Labute approximate surface area is 184 Å². The predicted molar refractivity (Wildman–Crippen MR) is 131 cm³/mol. The molecule has 2 heterocycles. The Morgan fingerprint density at radius 1 is 0.594 bits per heavy atom. The predicted octanol–water partition coefficient (Wildman–Crippen LogP) is 7.75. The van der Waals surface area contributed by atoms with Crippen molar-refractivity contribution in [1.29, 1.82) is 0 Å². The molecule has 5 aromatic carbocycles. The van der Waals surface area contributed by atoms with E-state index in [1.54, 1.807) is 0 Å². The number of fused-ring (bicyclic) bond motifs is 6. The Morgan fingerprint density at radius 3 is 2.25 bits per heavy atom. The van der Waals surface area contributed by atoms with Crippen LogP contribution in [0.25, 0.3) is 60.8 Å². The fourth-order valence-electron chi connectivity index (χ4n) is 4.77. The summed E-state index contributed by atoms with van der Waals surface area (Å²) in [6, 6.07) is 37.7. The van der Waals surface area contributed by atoms with E-state index in [1.165, 1.54) is 10.8 Å². The molecule has 150 valence electrons. The van der Waals surface area contributed by atoms with Crippen molar-refractivity contribution < 1.29 is 4.42 Å². The molecular weight excluding hydrogens is 392 g/mol. The molecule has 0 saturated heterocycles. The second-order valence-electron chi connectivity index (χ2n) is 8.04. The first-order chi connectivity index (χ1) is 15.9. The molecule has 0 aliphatic rings. The molecule has 3 nitrogen and oxygen atoms in total. The van der Waals surface area contributed by atoms with E-state index in [1.807, 2.05) is 18.2 Å². The van der Waals surface area contributed by atoms with Gasteiger partial charge in [0, 0.05) is 21.8 Å². The van der Waals surface area contributed by atoms with Crippen LogP contribution in [0.4, 0.5) is 0 Å². The smallest absolute Gasteiger partial charge is 0.149 e. The van der Waals surface area contributed by atoms with Gasteiger partial charge in [0.1, 0.15) is 17.0 Å². The third kappa shape index (κ3) is 2.39. The number of hydrogen-bond donors (Lipinski definition) is 0. The van der Waals surface area contributed by atoms with E-state index in [4.69, 9.17) is 9.40 Å². The Kier molecular flexibility index (Phi) is 3.55. The zero-order chi connectivity index (χ0) is 21.1. The van der Waals surface area contributed by atoms with Crippen molar-refractivity contribution in [2.45, 2.75) is 0 Å². The molecule has 0 aliphatic heterocycles. The maximum atomic E-state index is 6.36. The lowest BCUT2D eigenvalue weighted by atomic mass is 10.1. The molecule has 0 fully saturated rings. The average molecular weight is 410 g/mol. The molecule has 0 amide bonds. The summed E-state index contributed by atoms with van der Waals surface area (Å²) in [5.41, 5.74) is 5.90. The standard InChI is InChI=1S/C29H18N2O/c1-2-10-20(11-3-1)31-27-21-12-5-4-9-19(21)17-18-25(27)30-29(31)24-15-8-14-23-22-13-6-7-16-26(22)32-28(23)24/h1-18H. The molecule has 0 atom stereocenters. The molecule has 0 radical (unpaired) electrons. The van der Waals surface area contributed by atoms with Crippen molar-refractivity contribution in [2.75, 3.05) is 0 Å². The first-order valence-electron chi connectivity index (χ1n) is 10.7. The summed E-state index contributed by atoms with van der Waals surface area (Å²) in [5.74, 6) is 0.882. The Balaban J connectivity index is 1.66. The second-order valence-corrected chi connectivity index (χ2v) is 8.04. The van der Waals surface area contributed by atoms with Crippen LogP contribution in [0.2, 0.25) is 0 Å². The van der Waals surface area contributed by atoms with Crippen molar-refractivity contribution >= 4 is 43.7 Å². The normalized spacial score (nSPS) is 11.8. The molecule has 0 bridgehead atoms. The van der Waals surface area contributed by atoms with Crippen molar-refractivity contribution in [3.05, 3.63) is 109 Å². The third-order valence-electron chi connectivity index (χ3n) is 6.20. The van der Waals surface area contributed by atoms with E-state index in [0.29, 0.717) is 0 Å². The lowest BCUT2D eigenvalue weighted by Gasteiger charge is -2.11. The van der Waals surface area contributed by atoms with Gasteiger partial charge in [0.25, 0.3) is 0 Å². The highest BCUT2D eigenvalue weighted by atomic mass is 16.3. The summed E-state index contributed by atoms with van der Waals surface area (Å²) < 4.78 is 8.62. The average Bonchev–Trinajstić information content (AvgIpc) is 3.43. The van der Waals surface area contributed by atoms with Crippen LogP contribution >= 0.6 is 0 Å². The molecule has 0 spiro atoms. The minimum Gasteiger partial charge on any atom is -0.455 e. The monoisotopic (exact) mass is 410 g/mol. The summed E-state index contributed by atoms with van der Waals surface area (Å²) in [5, 5.41) is 4.61. The van der Waals surface area contributed by atoms with Gasteiger partial charge in [0.2, 0.25) is 0 Å². The number of hydrogen-bond acceptors (Lipinski definition) is 2. The molecule has 0 unspecified atom stereocenters. The summed E-state index contributed by atoms with van der Waals surface area (Å²) in [6.45, 7) is 0. The minimum atomic E-state index is 0.866. The molecule has 32 heavy (non-hydrogen) atoms. The highest BCUT2D eigenvalue weighted by Gasteiger charge is 2.20. The van der Waals surface area contributed by atoms with Gasteiger partial charge in [-0.15, -0.1) is 0 Å². The van der Waals surface area contributed by atoms with Crippen LogP contribution in [0.3, 0.4) is 0 Å². The van der Waals surface area contributed by atoms with Gasteiger partial charge in [-0.25, -0.2) is 4.98 Å². The molecule has 7 aromatic rings. The molecule has 0 saturated carbocycles. The van der Waals surface area contributed by atoms with Gasteiger partial charge in [0.15, 0.2) is 0 Å². The quantitative estimate of drug-likeness (QED) is 0.292. The summed E-state index contributed by atoms with van der Waals surface area (Å²) >= 11 is 0. The van der Waals surface area contributed by atoms with Crippen LogP contribution in [0.5, 0.6) is 0 Å². The van der Waals surface area contributed by atoms with E-state index in [2.05, 4.69) is 95.6 Å². The zero-order valence-electron chi connectivity index (χ0n) is 17.2. The minimum absolute atomic E-state index is 0.866. The molecule has 0 N–H and O–H groups in total. The Morgan fingerprint density at radius 2 is 1.34 bits per heavy atom. The molecule has 2 aromatic heterocycles. The number of nitrogens with zero attached hydrogens (tertiary/aromatic N) is 2. The van der Waals surface area contributed by atoms with Gasteiger partial charge in [-0.1, -0.05) is 78.9 Å². The van der Waals surface area contributed by atoms with Gasteiger partial charge in [0.05, 0.1) is 16.6 Å². The van der Waals surface area contributed by atoms with E-state index in [-0.39, 0.29) is 0 Å². The highest BCUT2D eigenvalue weighted by Crippen LogP contribution is 2.39. The number of rotatable bonds is 2. The maximum absolute atomic E-state index is 6.36. The van der Waals surface area contributed by atoms with Crippen molar-refractivity contribution in [3.63, 3.8) is 0 Å². The number of benzene rings is 5. The van der Waals surface area contributed by atoms with Crippen molar-refractivity contribution in [2.24, 2.45) is 0 Å². The topological polar surface area (TPSA) is 31.0 Å². The van der Waals surface area contributed by atoms with E-state index >= 15 is 0 Å². The Bertz CT molecular complexity index is 1770. The van der Waals surface area contributed by atoms with Crippen LogP contribution < -0.4 is 0 Å². The summed E-state index contributed by atoms with van der Waals surface area (Å²) in [4.78, 5) is 5.13. The molecule has 0 aliphatic carbocycles. The van der Waals surface area contributed by atoms with Crippen LogP contribution in [0.15, 0.2) is 114 Å². The number of para-hydroxylation sites is 3. The lowest BCUT2D eigenvalue weighted by Crippen LogP contribution is -1.98. The zero-order valence-corrected chi connectivity index (χ0v) is 17.2. The van der Waals surface area contributed by atoms with Gasteiger partial charge in [-0.3, -0.25) is 4.57 Å². The highest BCUT2D eigenvalue weighted by molar-refractivity contribution is 6.11. The van der Waals surface area contributed by atoms with Crippen molar-refractivity contribution in [3.8, 4) is 17.1 Å².